The van der Waals surface area contributed by atoms with Crippen molar-refractivity contribution in [3.63, 3.8) is 0 Å². The van der Waals surface area contributed by atoms with E-state index in [1.807, 2.05) is 0 Å². The Kier molecular flexibility index (Phi) is 4.14. The van der Waals surface area contributed by atoms with Gasteiger partial charge in [0.05, 0.1) is 5.71 Å². The highest BCUT2D eigenvalue weighted by Gasteiger charge is 2.76. The summed E-state index contributed by atoms with van der Waals surface area (Å²) in [5, 5.41) is 2.48. The fourth-order valence-corrected chi connectivity index (χ4v) is 0.548. The molecule has 0 bridgehead atoms. The summed E-state index contributed by atoms with van der Waals surface area (Å²) >= 11 is 0. The summed E-state index contributed by atoms with van der Waals surface area (Å²) in [6.07, 6.45) is -12.1. The topological polar surface area (TPSA) is 33.6 Å². The van der Waals surface area contributed by atoms with E-state index >= 15 is 0 Å². The van der Waals surface area contributed by atoms with Gasteiger partial charge >= 0.3 is 18.1 Å². The Labute approximate surface area is 85.2 Å². The van der Waals surface area contributed by atoms with Crippen molar-refractivity contribution in [2.45, 2.75) is 31.9 Å². The van der Waals surface area contributed by atoms with E-state index in [4.69, 9.17) is 0 Å². The zero-order chi connectivity index (χ0) is 13.2. The molecule has 0 saturated heterocycles. The highest BCUT2D eigenvalue weighted by molar-refractivity contribution is 5.78. The van der Waals surface area contributed by atoms with Gasteiger partial charge in [-0.15, -0.1) is 4.48 Å². The Balaban J connectivity index is 5.41. The fourth-order valence-electron chi connectivity index (χ4n) is 0.548. The Bertz CT molecular complexity index is 251. The van der Waals surface area contributed by atoms with Gasteiger partial charge in [0.2, 0.25) is 0 Å². The molecule has 96 valence electrons. The third kappa shape index (κ3) is 2.74. The number of nitrogens with zero attached hydrogens (tertiary/aromatic N) is 1. The molecule has 0 radical (unpaired) electrons. The predicted octanol–water partition coefficient (Wildman–Crippen LogP) is 2.69. The molecule has 0 aromatic heterocycles. The van der Waals surface area contributed by atoms with Crippen LogP contribution in [0.2, 0.25) is 0 Å². The van der Waals surface area contributed by atoms with Crippen molar-refractivity contribution < 1.29 is 35.7 Å². The van der Waals surface area contributed by atoms with Crippen LogP contribution >= 0.6 is 0 Å². The molecule has 0 aromatic rings. The Hall–Kier alpha value is -1.06. The maximum absolute atomic E-state index is 12.1. The SMILES string of the molecule is CC(C)=NOC(NF)(C(F)(F)F)C(F)(F)F. The van der Waals surface area contributed by atoms with Crippen molar-refractivity contribution in [3.8, 4) is 0 Å². The van der Waals surface area contributed by atoms with Crippen molar-refractivity contribution >= 4 is 5.71 Å². The molecule has 0 unspecified atom stereocenters. The lowest BCUT2D eigenvalue weighted by Crippen LogP contribution is -2.65. The Morgan fingerprint density at radius 2 is 1.38 bits per heavy atom. The second-order valence-corrected chi connectivity index (χ2v) is 2.90. The minimum Gasteiger partial charge on any atom is -0.351 e. The average molecular weight is 256 g/mol. The van der Waals surface area contributed by atoms with Crippen molar-refractivity contribution in [1.29, 1.82) is 0 Å². The summed E-state index contributed by atoms with van der Waals surface area (Å²) in [6.45, 7) is 2.16. The van der Waals surface area contributed by atoms with Gasteiger partial charge in [0.15, 0.2) is 0 Å². The number of alkyl halides is 6. The van der Waals surface area contributed by atoms with E-state index in [0.29, 0.717) is 0 Å². The molecule has 0 heterocycles. The third-order valence-corrected chi connectivity index (χ3v) is 1.30. The van der Waals surface area contributed by atoms with Gasteiger partial charge in [0, 0.05) is 0 Å². The molecule has 0 aliphatic carbocycles. The minimum absolute atomic E-state index is 0.242. The first-order valence-electron chi connectivity index (χ1n) is 3.68. The largest absolute Gasteiger partial charge is 0.457 e. The van der Waals surface area contributed by atoms with E-state index in [9.17, 15) is 30.8 Å². The van der Waals surface area contributed by atoms with Crippen LogP contribution in [0.5, 0.6) is 0 Å². The third-order valence-electron chi connectivity index (χ3n) is 1.30. The predicted molar refractivity (Wildman–Crippen MR) is 39.0 cm³/mol. The smallest absolute Gasteiger partial charge is 0.351 e. The van der Waals surface area contributed by atoms with E-state index in [1.165, 1.54) is 0 Å². The number of rotatable bonds is 3. The van der Waals surface area contributed by atoms with Crippen molar-refractivity contribution in [3.05, 3.63) is 0 Å². The molecule has 16 heavy (non-hydrogen) atoms. The average Bonchev–Trinajstić information content (AvgIpc) is 1.99. The zero-order valence-electron chi connectivity index (χ0n) is 8.00. The van der Waals surface area contributed by atoms with Crippen LogP contribution in [-0.2, 0) is 4.84 Å². The molecule has 0 aliphatic heterocycles. The molecular weight excluding hydrogens is 249 g/mol. The molecule has 10 heteroatoms. The van der Waals surface area contributed by atoms with Gasteiger partial charge < -0.3 is 4.84 Å². The van der Waals surface area contributed by atoms with E-state index in [2.05, 4.69) is 9.99 Å². The van der Waals surface area contributed by atoms with Crippen LogP contribution in [0, 0.1) is 0 Å². The van der Waals surface area contributed by atoms with Crippen molar-refractivity contribution in [2.24, 2.45) is 5.16 Å². The second kappa shape index (κ2) is 4.44. The monoisotopic (exact) mass is 256 g/mol. The molecule has 0 aliphatic rings. The van der Waals surface area contributed by atoms with Crippen LogP contribution in [0.1, 0.15) is 13.8 Å². The number of nitrogens with one attached hydrogen (secondary N) is 1. The summed E-state index contributed by atoms with van der Waals surface area (Å²) in [5.41, 5.74) is -5.83. The number of hydrogen-bond acceptors (Lipinski definition) is 3. The second-order valence-electron chi connectivity index (χ2n) is 2.90. The summed E-state index contributed by atoms with van der Waals surface area (Å²) in [6, 6.07) is 0. The molecule has 0 spiro atoms. The molecule has 0 saturated carbocycles. The Morgan fingerprint density at radius 1 is 1.00 bits per heavy atom. The van der Waals surface area contributed by atoms with E-state index in [-0.39, 0.29) is 5.71 Å². The van der Waals surface area contributed by atoms with Crippen molar-refractivity contribution in [2.75, 3.05) is 0 Å². The molecule has 0 amide bonds. The lowest BCUT2D eigenvalue weighted by atomic mass is 10.2. The van der Waals surface area contributed by atoms with Crippen LogP contribution in [0.4, 0.5) is 30.8 Å². The molecule has 0 aromatic carbocycles. The molecule has 3 nitrogen and oxygen atoms in total. The van der Waals surface area contributed by atoms with Crippen molar-refractivity contribution in [1.82, 2.24) is 5.54 Å². The highest BCUT2D eigenvalue weighted by Crippen LogP contribution is 2.44. The first-order valence-corrected chi connectivity index (χ1v) is 3.68. The summed E-state index contributed by atoms with van der Waals surface area (Å²) in [7, 11) is 0. The van der Waals surface area contributed by atoms with Gasteiger partial charge in [-0.05, 0) is 13.8 Å². The van der Waals surface area contributed by atoms with Crippen LogP contribution in [0.15, 0.2) is 5.16 Å². The standard InChI is InChI=1S/C6H7F7N2O/c1-3(2)14-16-4(15-13,5(7,8)9)6(10,11)12/h15H,1-2H3. The summed E-state index contributed by atoms with van der Waals surface area (Å²) in [5.74, 6) is 0. The lowest BCUT2D eigenvalue weighted by Gasteiger charge is -2.31. The molecular formula is C6H7F7N2O. The van der Waals surface area contributed by atoms with E-state index < -0.39 is 23.6 Å². The van der Waals surface area contributed by atoms with Crippen LogP contribution in [0.3, 0.4) is 0 Å². The maximum Gasteiger partial charge on any atom is 0.457 e. The zero-order valence-corrected chi connectivity index (χ0v) is 8.00. The molecule has 0 rings (SSSR count). The lowest BCUT2D eigenvalue weighted by molar-refractivity contribution is -0.405. The first kappa shape index (κ1) is 14.9. The summed E-state index contributed by atoms with van der Waals surface area (Å²) in [4.78, 5) is 3.22. The van der Waals surface area contributed by atoms with Crippen LogP contribution < -0.4 is 5.54 Å². The number of hydrogen-bond donors (Lipinski definition) is 1. The van der Waals surface area contributed by atoms with E-state index in [1.54, 1.807) is 0 Å². The maximum atomic E-state index is 12.1. The van der Waals surface area contributed by atoms with Gasteiger partial charge in [-0.1, -0.05) is 10.7 Å². The van der Waals surface area contributed by atoms with Crippen LogP contribution in [0.25, 0.3) is 0 Å². The van der Waals surface area contributed by atoms with Gasteiger partial charge in [0.25, 0.3) is 0 Å². The van der Waals surface area contributed by atoms with Crippen LogP contribution in [-0.4, -0.2) is 23.8 Å². The quantitative estimate of drug-likeness (QED) is 0.277. The van der Waals surface area contributed by atoms with Gasteiger partial charge in [-0.3, -0.25) is 0 Å². The Morgan fingerprint density at radius 3 is 1.56 bits per heavy atom. The molecule has 0 atom stereocenters. The minimum atomic E-state index is -6.06. The fraction of sp³-hybridized carbons (Fsp3) is 0.833. The number of halogens is 7. The van der Waals surface area contributed by atoms with Gasteiger partial charge in [0.1, 0.15) is 0 Å². The summed E-state index contributed by atoms with van der Waals surface area (Å²) < 4.78 is 84.5. The highest BCUT2D eigenvalue weighted by atomic mass is 19.4. The molecule has 0 fully saturated rings. The first-order chi connectivity index (χ1) is 6.98. The van der Waals surface area contributed by atoms with E-state index in [0.717, 1.165) is 13.8 Å². The number of oxime groups is 1. The van der Waals surface area contributed by atoms with Gasteiger partial charge in [-0.25, -0.2) is 0 Å². The van der Waals surface area contributed by atoms with Gasteiger partial charge in [-0.2, -0.15) is 26.3 Å². The normalized spacial score (nSPS) is 13.6. The molecule has 1 N–H and O–H groups in total.